The van der Waals surface area contributed by atoms with Crippen molar-refractivity contribution in [2.24, 2.45) is 0 Å². The van der Waals surface area contributed by atoms with Gasteiger partial charge in [-0.05, 0) is 30.5 Å². The zero-order valence-electron chi connectivity index (χ0n) is 18.5. The second-order valence-electron chi connectivity index (χ2n) is 7.95. The average molecular weight is 490 g/mol. The lowest BCUT2D eigenvalue weighted by atomic mass is 9.87. The minimum absolute atomic E-state index is 0.0169. The molecule has 11 heteroatoms. The molecule has 0 aliphatic carbocycles. The molecular formula is C23H21F2N3O5S. The normalized spacial score (nSPS) is 15.2. The molecule has 1 aliphatic rings. The molecule has 1 saturated heterocycles. The Labute approximate surface area is 197 Å². The highest BCUT2D eigenvalue weighted by Gasteiger charge is 2.37. The van der Waals surface area contributed by atoms with Crippen LogP contribution in [-0.2, 0) is 16.0 Å². The summed E-state index contributed by atoms with van der Waals surface area (Å²) in [6.45, 7) is 0.272. The van der Waals surface area contributed by atoms with Crippen LogP contribution in [0.15, 0.2) is 29.6 Å². The first kappa shape index (κ1) is 23.7. The maximum atomic E-state index is 15.4. The molecule has 8 nitrogen and oxygen atoms in total. The van der Waals surface area contributed by atoms with Gasteiger partial charge in [0.2, 0.25) is 5.88 Å². The number of esters is 1. The maximum absolute atomic E-state index is 15.4. The molecule has 0 N–H and O–H groups in total. The number of fused-ring (bicyclic) bond motifs is 1. The van der Waals surface area contributed by atoms with Gasteiger partial charge in [-0.25, -0.2) is 18.6 Å². The number of thiophene rings is 1. The zero-order valence-corrected chi connectivity index (χ0v) is 19.3. The van der Waals surface area contributed by atoms with E-state index in [2.05, 4.69) is 14.7 Å². The van der Waals surface area contributed by atoms with Gasteiger partial charge in [0.15, 0.2) is 5.69 Å². The summed E-state index contributed by atoms with van der Waals surface area (Å²) < 4.78 is 38.2. The standard InChI is InChI=1S/C23H21F2N3O5S/c1-32-19-17(26-16-15(12-34-20(16)27-19)18(29)22(31)33-2)21(30)28-9-7-23(25,8-10-28)11-13-3-5-14(24)6-4-13/h3-6,12H,7-11H2,1-2H3. The summed E-state index contributed by atoms with van der Waals surface area (Å²) in [5.74, 6) is -2.88. The summed E-state index contributed by atoms with van der Waals surface area (Å²) in [5.41, 5.74) is -0.893. The predicted molar refractivity (Wildman–Crippen MR) is 119 cm³/mol. The van der Waals surface area contributed by atoms with E-state index in [4.69, 9.17) is 4.74 Å². The molecule has 178 valence electrons. The summed E-state index contributed by atoms with van der Waals surface area (Å²) in [6, 6.07) is 5.69. The van der Waals surface area contributed by atoms with Crippen LogP contribution in [-0.4, -0.2) is 65.5 Å². The molecule has 2 aromatic heterocycles. The number of methoxy groups -OCH3 is 2. The molecule has 0 atom stereocenters. The van der Waals surface area contributed by atoms with Gasteiger partial charge in [-0.2, -0.15) is 4.98 Å². The van der Waals surface area contributed by atoms with Crippen molar-refractivity contribution in [1.29, 1.82) is 0 Å². The number of nitrogens with zero attached hydrogens (tertiary/aromatic N) is 3. The van der Waals surface area contributed by atoms with Gasteiger partial charge in [-0.1, -0.05) is 12.1 Å². The second-order valence-corrected chi connectivity index (χ2v) is 8.81. The van der Waals surface area contributed by atoms with Gasteiger partial charge in [-0.15, -0.1) is 11.3 Å². The first-order chi connectivity index (χ1) is 16.2. The van der Waals surface area contributed by atoms with Crippen LogP contribution in [0.2, 0.25) is 0 Å². The average Bonchev–Trinajstić information content (AvgIpc) is 3.26. The van der Waals surface area contributed by atoms with Crippen LogP contribution in [0.5, 0.6) is 5.88 Å². The van der Waals surface area contributed by atoms with E-state index in [9.17, 15) is 18.8 Å². The molecule has 0 saturated carbocycles. The van der Waals surface area contributed by atoms with E-state index in [1.807, 2.05) is 0 Å². The molecule has 4 rings (SSSR count). The number of rotatable bonds is 6. The molecule has 1 aliphatic heterocycles. The lowest BCUT2D eigenvalue weighted by Gasteiger charge is -2.36. The van der Waals surface area contributed by atoms with E-state index in [0.29, 0.717) is 10.4 Å². The zero-order chi connectivity index (χ0) is 24.5. The molecule has 0 radical (unpaired) electrons. The smallest absolute Gasteiger partial charge is 0.379 e. The number of ether oxygens (including phenoxy) is 2. The predicted octanol–water partition coefficient (Wildman–Crippen LogP) is 3.38. The monoisotopic (exact) mass is 489 g/mol. The van der Waals surface area contributed by atoms with Crippen molar-refractivity contribution in [1.82, 2.24) is 14.9 Å². The molecule has 3 aromatic rings. The number of alkyl halides is 1. The van der Waals surface area contributed by atoms with E-state index in [0.717, 1.165) is 18.4 Å². The number of likely N-dealkylation sites (tertiary alicyclic amines) is 1. The van der Waals surface area contributed by atoms with Gasteiger partial charge in [-0.3, -0.25) is 9.59 Å². The number of amides is 1. The third-order valence-electron chi connectivity index (χ3n) is 5.77. The fraction of sp³-hybridized carbons (Fsp3) is 0.348. The summed E-state index contributed by atoms with van der Waals surface area (Å²) in [4.78, 5) is 47.6. The Morgan fingerprint density at radius 3 is 2.41 bits per heavy atom. The molecule has 3 heterocycles. The molecule has 1 aromatic carbocycles. The Morgan fingerprint density at radius 1 is 1.12 bits per heavy atom. The first-order valence-electron chi connectivity index (χ1n) is 10.4. The molecule has 1 fully saturated rings. The Bertz CT molecular complexity index is 1250. The van der Waals surface area contributed by atoms with Crippen LogP contribution in [0.1, 0.15) is 39.3 Å². The highest BCUT2D eigenvalue weighted by molar-refractivity contribution is 7.17. The number of benzene rings is 1. The van der Waals surface area contributed by atoms with Crippen molar-refractivity contribution in [2.45, 2.75) is 24.9 Å². The molecule has 0 unspecified atom stereocenters. The van der Waals surface area contributed by atoms with Crippen molar-refractivity contribution in [3.63, 3.8) is 0 Å². The molecule has 34 heavy (non-hydrogen) atoms. The third-order valence-corrected chi connectivity index (χ3v) is 6.63. The van der Waals surface area contributed by atoms with E-state index in [-0.39, 0.29) is 60.8 Å². The van der Waals surface area contributed by atoms with Gasteiger partial charge in [0.05, 0.1) is 19.8 Å². The number of aromatic nitrogens is 2. The summed E-state index contributed by atoms with van der Waals surface area (Å²) in [7, 11) is 2.43. The lowest BCUT2D eigenvalue weighted by molar-refractivity contribution is -0.135. The van der Waals surface area contributed by atoms with Crippen LogP contribution in [0.3, 0.4) is 0 Å². The Morgan fingerprint density at radius 2 is 1.79 bits per heavy atom. The number of halogens is 2. The van der Waals surface area contributed by atoms with Gasteiger partial charge in [0.1, 0.15) is 21.8 Å². The fourth-order valence-electron chi connectivity index (χ4n) is 3.88. The van der Waals surface area contributed by atoms with Crippen molar-refractivity contribution in [2.75, 3.05) is 27.3 Å². The third kappa shape index (κ3) is 4.60. The topological polar surface area (TPSA) is 98.7 Å². The molecule has 1 amide bonds. The first-order valence-corrected chi connectivity index (χ1v) is 11.3. The fourth-order valence-corrected chi connectivity index (χ4v) is 4.74. The number of hydrogen-bond acceptors (Lipinski definition) is 8. The number of Topliss-reactive ketones (excluding diaryl/α,β-unsaturated/α-hetero) is 1. The molecule has 0 spiro atoms. The Kier molecular flexibility index (Phi) is 6.56. The van der Waals surface area contributed by atoms with E-state index < -0.39 is 23.3 Å². The van der Waals surface area contributed by atoms with E-state index in [1.54, 1.807) is 12.1 Å². The summed E-state index contributed by atoms with van der Waals surface area (Å²) in [6.07, 6.45) is 0.315. The van der Waals surface area contributed by atoms with Crippen molar-refractivity contribution >= 4 is 39.3 Å². The minimum Gasteiger partial charge on any atom is -0.479 e. The van der Waals surface area contributed by atoms with Crippen LogP contribution in [0.25, 0.3) is 10.3 Å². The highest BCUT2D eigenvalue weighted by Crippen LogP contribution is 2.33. The largest absolute Gasteiger partial charge is 0.479 e. The highest BCUT2D eigenvalue weighted by atomic mass is 32.1. The van der Waals surface area contributed by atoms with Crippen molar-refractivity contribution in [3.8, 4) is 5.88 Å². The molecule has 0 bridgehead atoms. The molecular weight excluding hydrogens is 468 g/mol. The minimum atomic E-state index is -1.53. The van der Waals surface area contributed by atoms with Crippen LogP contribution in [0.4, 0.5) is 8.78 Å². The summed E-state index contributed by atoms with van der Waals surface area (Å²) in [5, 5.41) is 1.42. The van der Waals surface area contributed by atoms with E-state index >= 15 is 4.39 Å². The number of carbonyl (C=O) groups is 3. The lowest BCUT2D eigenvalue weighted by Crippen LogP contribution is -2.45. The van der Waals surface area contributed by atoms with Gasteiger partial charge >= 0.3 is 5.97 Å². The number of ketones is 1. The quantitative estimate of drug-likeness (QED) is 0.297. The summed E-state index contributed by atoms with van der Waals surface area (Å²) >= 11 is 1.08. The maximum Gasteiger partial charge on any atom is 0.379 e. The van der Waals surface area contributed by atoms with Gasteiger partial charge < -0.3 is 14.4 Å². The Balaban J connectivity index is 1.55. The van der Waals surface area contributed by atoms with Crippen LogP contribution in [0, 0.1) is 5.82 Å². The number of hydrogen-bond donors (Lipinski definition) is 0. The van der Waals surface area contributed by atoms with Crippen molar-refractivity contribution < 1.29 is 32.6 Å². The van der Waals surface area contributed by atoms with Gasteiger partial charge in [0, 0.05) is 24.9 Å². The SMILES string of the molecule is COC(=O)C(=O)c1csc2nc(OC)c(C(=O)N3CCC(F)(Cc4ccc(F)cc4)CC3)nc12. The van der Waals surface area contributed by atoms with E-state index in [1.165, 1.54) is 29.5 Å². The van der Waals surface area contributed by atoms with Crippen LogP contribution < -0.4 is 4.74 Å². The number of carbonyl (C=O) groups excluding carboxylic acids is 3. The van der Waals surface area contributed by atoms with Crippen molar-refractivity contribution in [3.05, 3.63) is 52.3 Å². The van der Waals surface area contributed by atoms with Crippen LogP contribution >= 0.6 is 11.3 Å². The Hall–Kier alpha value is -3.47. The second kappa shape index (κ2) is 9.41. The van der Waals surface area contributed by atoms with Gasteiger partial charge in [0.25, 0.3) is 11.7 Å². The number of piperidine rings is 1.